The third-order valence-corrected chi connectivity index (χ3v) is 4.05. The Labute approximate surface area is 137 Å². The molecule has 136 valence electrons. The van der Waals surface area contributed by atoms with Crippen molar-refractivity contribution < 1.29 is 27.1 Å². The molecule has 1 aliphatic carbocycles. The molecule has 1 aromatic rings. The maximum Gasteiger partial charge on any atom is 0.412 e. The maximum absolute atomic E-state index is 13.0. The molecular weight excluding hydrogens is 330 g/mol. The predicted molar refractivity (Wildman–Crippen MR) is 79.4 cm³/mol. The van der Waals surface area contributed by atoms with Gasteiger partial charge in [-0.1, -0.05) is 6.92 Å². The van der Waals surface area contributed by atoms with Gasteiger partial charge in [-0.3, -0.25) is 10.00 Å². The molecule has 0 radical (unpaired) electrons. The molecule has 0 atom stereocenters. The first-order valence-corrected chi connectivity index (χ1v) is 7.82. The minimum atomic E-state index is -2.86. The third kappa shape index (κ3) is 5.10. The van der Waals surface area contributed by atoms with Gasteiger partial charge in [0.2, 0.25) is 5.92 Å². The van der Waals surface area contributed by atoms with Crippen molar-refractivity contribution in [2.45, 2.75) is 50.9 Å². The number of halogens is 4. The molecule has 1 saturated carbocycles. The SMILES string of the molecule is CCC(F)(F)CCOC(=O)Nc1cc(CC2CC(F)(F)C2)nn1C. The van der Waals surface area contributed by atoms with E-state index in [-0.39, 0.29) is 25.2 Å². The van der Waals surface area contributed by atoms with Crippen LogP contribution in [0.1, 0.15) is 38.3 Å². The monoisotopic (exact) mass is 351 g/mol. The van der Waals surface area contributed by atoms with Crippen LogP contribution in [0.2, 0.25) is 0 Å². The van der Waals surface area contributed by atoms with Crippen LogP contribution in [0, 0.1) is 5.92 Å². The van der Waals surface area contributed by atoms with Crippen molar-refractivity contribution in [2.24, 2.45) is 13.0 Å². The standard InChI is InChI=1S/C15H21F4N3O2/c1-3-14(16,17)4-5-24-13(23)20-12-7-11(21-22(12)2)6-10-8-15(18,19)9-10/h7,10H,3-6,8-9H2,1-2H3,(H,20,23). The van der Waals surface area contributed by atoms with E-state index in [9.17, 15) is 22.4 Å². The highest BCUT2D eigenvalue weighted by Gasteiger charge is 2.45. The highest BCUT2D eigenvalue weighted by atomic mass is 19.3. The van der Waals surface area contributed by atoms with E-state index in [2.05, 4.69) is 10.4 Å². The van der Waals surface area contributed by atoms with Gasteiger partial charge in [-0.25, -0.2) is 22.4 Å². The molecule has 1 heterocycles. The molecule has 1 aromatic heterocycles. The maximum atomic E-state index is 13.0. The minimum Gasteiger partial charge on any atom is -0.449 e. The quantitative estimate of drug-likeness (QED) is 0.756. The molecule has 0 bridgehead atoms. The summed E-state index contributed by atoms with van der Waals surface area (Å²) in [6, 6.07) is 1.57. The number of carbonyl (C=O) groups excluding carboxylic acids is 1. The zero-order valence-electron chi connectivity index (χ0n) is 13.6. The summed E-state index contributed by atoms with van der Waals surface area (Å²) in [7, 11) is 1.58. The third-order valence-electron chi connectivity index (χ3n) is 4.05. The Morgan fingerprint density at radius 3 is 2.75 bits per heavy atom. The number of anilines is 1. The Balaban J connectivity index is 1.79. The number of amides is 1. The zero-order valence-corrected chi connectivity index (χ0v) is 13.6. The average molecular weight is 351 g/mol. The first-order chi connectivity index (χ1) is 11.1. The van der Waals surface area contributed by atoms with Gasteiger partial charge in [0.25, 0.3) is 5.92 Å². The van der Waals surface area contributed by atoms with Crippen molar-refractivity contribution in [3.63, 3.8) is 0 Å². The summed E-state index contributed by atoms with van der Waals surface area (Å²) in [5.41, 5.74) is 0.589. The summed E-state index contributed by atoms with van der Waals surface area (Å²) < 4.78 is 57.8. The largest absolute Gasteiger partial charge is 0.449 e. The van der Waals surface area contributed by atoms with Crippen molar-refractivity contribution in [3.05, 3.63) is 11.8 Å². The molecule has 1 fully saturated rings. The fourth-order valence-electron chi connectivity index (χ4n) is 2.58. The van der Waals surface area contributed by atoms with Crippen LogP contribution in [0.4, 0.5) is 28.2 Å². The topological polar surface area (TPSA) is 56.1 Å². The Hall–Kier alpha value is -1.80. The van der Waals surface area contributed by atoms with E-state index < -0.39 is 31.0 Å². The number of hydrogen-bond donors (Lipinski definition) is 1. The summed E-state index contributed by atoms with van der Waals surface area (Å²) >= 11 is 0. The van der Waals surface area contributed by atoms with Crippen LogP contribution in [0.25, 0.3) is 0 Å². The number of rotatable bonds is 7. The molecule has 5 nitrogen and oxygen atoms in total. The molecule has 1 N–H and O–H groups in total. The van der Waals surface area contributed by atoms with E-state index >= 15 is 0 Å². The number of aromatic nitrogens is 2. The van der Waals surface area contributed by atoms with Crippen molar-refractivity contribution in [3.8, 4) is 0 Å². The van der Waals surface area contributed by atoms with Crippen LogP contribution in [-0.4, -0.2) is 34.3 Å². The normalized spacial score (nSPS) is 17.4. The second-order valence-corrected chi connectivity index (χ2v) is 6.20. The number of hydrogen-bond acceptors (Lipinski definition) is 3. The van der Waals surface area contributed by atoms with E-state index in [0.717, 1.165) is 0 Å². The fourth-order valence-corrected chi connectivity index (χ4v) is 2.58. The van der Waals surface area contributed by atoms with E-state index in [1.54, 1.807) is 13.1 Å². The Bertz CT molecular complexity index is 581. The van der Waals surface area contributed by atoms with Gasteiger partial charge in [-0.15, -0.1) is 0 Å². The van der Waals surface area contributed by atoms with E-state index in [1.807, 2.05) is 0 Å². The number of ether oxygens (including phenoxy) is 1. The summed E-state index contributed by atoms with van der Waals surface area (Å²) in [5, 5.41) is 6.55. The Morgan fingerprint density at radius 1 is 1.50 bits per heavy atom. The summed E-state index contributed by atoms with van der Waals surface area (Å²) in [4.78, 5) is 11.6. The van der Waals surface area contributed by atoms with Gasteiger partial charge in [-0.05, 0) is 12.3 Å². The lowest BCUT2D eigenvalue weighted by Crippen LogP contribution is -2.36. The second-order valence-electron chi connectivity index (χ2n) is 6.20. The second kappa shape index (κ2) is 6.98. The van der Waals surface area contributed by atoms with Crippen LogP contribution in [0.3, 0.4) is 0 Å². The van der Waals surface area contributed by atoms with E-state index in [4.69, 9.17) is 4.74 Å². The average Bonchev–Trinajstić information content (AvgIpc) is 2.76. The van der Waals surface area contributed by atoms with Crippen LogP contribution in [-0.2, 0) is 18.2 Å². The number of carbonyl (C=O) groups is 1. The molecule has 9 heteroatoms. The van der Waals surface area contributed by atoms with Gasteiger partial charge in [0, 0.05) is 38.8 Å². The molecule has 0 spiro atoms. The van der Waals surface area contributed by atoms with Gasteiger partial charge < -0.3 is 4.74 Å². The number of nitrogens with zero attached hydrogens (tertiary/aromatic N) is 2. The van der Waals surface area contributed by atoms with Gasteiger partial charge in [-0.2, -0.15) is 5.10 Å². The highest BCUT2D eigenvalue weighted by molar-refractivity contribution is 5.83. The van der Waals surface area contributed by atoms with Crippen molar-refractivity contribution in [2.75, 3.05) is 11.9 Å². The van der Waals surface area contributed by atoms with Crippen molar-refractivity contribution >= 4 is 11.9 Å². The molecule has 2 rings (SSSR count). The first-order valence-electron chi connectivity index (χ1n) is 7.82. The zero-order chi connectivity index (χ0) is 18.0. The first kappa shape index (κ1) is 18.5. The van der Waals surface area contributed by atoms with Crippen LogP contribution >= 0.6 is 0 Å². The number of alkyl halides is 4. The molecule has 0 aliphatic heterocycles. The molecular formula is C15H21F4N3O2. The van der Waals surface area contributed by atoms with Gasteiger partial charge >= 0.3 is 6.09 Å². The smallest absolute Gasteiger partial charge is 0.412 e. The Kier molecular flexibility index (Phi) is 5.39. The van der Waals surface area contributed by atoms with Gasteiger partial charge in [0.05, 0.1) is 12.3 Å². The number of nitrogens with one attached hydrogen (secondary N) is 1. The number of aryl methyl sites for hydroxylation is 1. The van der Waals surface area contributed by atoms with E-state index in [0.29, 0.717) is 17.9 Å². The summed E-state index contributed by atoms with van der Waals surface area (Å²) in [5.74, 6) is -5.23. The van der Waals surface area contributed by atoms with Gasteiger partial charge in [0.15, 0.2) is 0 Å². The van der Waals surface area contributed by atoms with E-state index in [1.165, 1.54) is 11.6 Å². The van der Waals surface area contributed by atoms with Crippen LogP contribution in [0.15, 0.2) is 6.07 Å². The summed E-state index contributed by atoms with van der Waals surface area (Å²) in [6.07, 6.45) is -1.61. The molecule has 0 unspecified atom stereocenters. The van der Waals surface area contributed by atoms with Crippen molar-refractivity contribution in [1.82, 2.24) is 9.78 Å². The van der Waals surface area contributed by atoms with Crippen LogP contribution in [0.5, 0.6) is 0 Å². The molecule has 1 aliphatic rings. The Morgan fingerprint density at radius 2 is 2.17 bits per heavy atom. The molecule has 1 amide bonds. The minimum absolute atomic E-state index is 0.119. The van der Waals surface area contributed by atoms with Crippen molar-refractivity contribution in [1.29, 1.82) is 0 Å². The predicted octanol–water partition coefficient (Wildman–Crippen LogP) is 3.99. The lowest BCUT2D eigenvalue weighted by Gasteiger charge is -2.34. The molecule has 0 aromatic carbocycles. The fraction of sp³-hybridized carbons (Fsp3) is 0.733. The lowest BCUT2D eigenvalue weighted by molar-refractivity contribution is -0.109. The van der Waals surface area contributed by atoms with Crippen LogP contribution < -0.4 is 5.32 Å². The molecule has 0 saturated heterocycles. The van der Waals surface area contributed by atoms with Gasteiger partial charge in [0.1, 0.15) is 5.82 Å². The molecule has 24 heavy (non-hydrogen) atoms. The highest BCUT2D eigenvalue weighted by Crippen LogP contribution is 2.43. The lowest BCUT2D eigenvalue weighted by atomic mass is 9.78. The summed E-state index contributed by atoms with van der Waals surface area (Å²) in [6.45, 7) is 0.962.